The average molecular weight is 373 g/mol. The van der Waals surface area contributed by atoms with Gasteiger partial charge in [0.05, 0.1) is 37.4 Å². The molecule has 0 bridgehead atoms. The van der Waals surface area contributed by atoms with Gasteiger partial charge in [-0.2, -0.15) is 0 Å². The molecule has 0 unspecified atom stereocenters. The lowest BCUT2D eigenvalue weighted by atomic mass is 10.2. The molecule has 0 aliphatic carbocycles. The number of anilines is 1. The minimum atomic E-state index is -0.522. The Morgan fingerprint density at radius 1 is 1.22 bits per heavy atom. The van der Waals surface area contributed by atoms with Crippen LogP contribution in [-0.2, 0) is 4.79 Å². The fraction of sp³-hybridized carbons (Fsp3) is 0.333. The van der Waals surface area contributed by atoms with E-state index in [9.17, 15) is 19.7 Å². The second-order valence-electron chi connectivity index (χ2n) is 6.41. The smallest absolute Gasteiger partial charge is 0.292 e. The summed E-state index contributed by atoms with van der Waals surface area (Å²) >= 11 is 0. The summed E-state index contributed by atoms with van der Waals surface area (Å²) < 4.78 is 5.14. The molecule has 0 radical (unpaired) electrons. The van der Waals surface area contributed by atoms with E-state index >= 15 is 0 Å². The molecular weight excluding hydrogens is 352 g/mol. The lowest BCUT2D eigenvalue weighted by Crippen LogP contribution is -3.19. The van der Waals surface area contributed by atoms with Crippen molar-refractivity contribution in [1.29, 1.82) is 0 Å². The third-order valence-electron chi connectivity index (χ3n) is 4.79. The highest BCUT2D eigenvalue weighted by Crippen LogP contribution is 2.23. The van der Waals surface area contributed by atoms with Crippen LogP contribution in [0.25, 0.3) is 0 Å². The van der Waals surface area contributed by atoms with Crippen LogP contribution in [0.2, 0.25) is 0 Å². The number of rotatable bonds is 5. The standard InChI is InChI=1S/C18H20N4O5/c1-13(17(23)19-14-5-2-3-6-15(14)22(25)26)20-8-10-21(11-9-20)18(24)16-7-4-12-27-16/h2-7,12-13H,8-11H2,1H3,(H,19,23)/p+1/t13-/m0/s1. The number of hydrogen-bond donors (Lipinski definition) is 2. The molecule has 142 valence electrons. The van der Waals surface area contributed by atoms with Gasteiger partial charge in [0.25, 0.3) is 17.5 Å². The topological polar surface area (TPSA) is 110 Å². The lowest BCUT2D eigenvalue weighted by Gasteiger charge is -2.34. The quantitative estimate of drug-likeness (QED) is 0.588. The maximum Gasteiger partial charge on any atom is 0.292 e. The van der Waals surface area contributed by atoms with Gasteiger partial charge in [-0.15, -0.1) is 0 Å². The van der Waals surface area contributed by atoms with Crippen molar-refractivity contribution in [3.05, 3.63) is 58.5 Å². The Hall–Kier alpha value is -3.20. The minimum Gasteiger partial charge on any atom is -0.459 e. The first-order valence-electron chi connectivity index (χ1n) is 8.69. The van der Waals surface area contributed by atoms with Crippen molar-refractivity contribution >= 4 is 23.2 Å². The highest BCUT2D eigenvalue weighted by Gasteiger charge is 2.32. The average Bonchev–Trinajstić information content (AvgIpc) is 3.22. The highest BCUT2D eigenvalue weighted by atomic mass is 16.6. The number of hydrogen-bond acceptors (Lipinski definition) is 5. The Kier molecular flexibility index (Phi) is 5.51. The number of quaternary nitrogens is 1. The molecule has 2 heterocycles. The van der Waals surface area contributed by atoms with Gasteiger partial charge in [-0.25, -0.2) is 0 Å². The Labute approximate surface area is 155 Å². The van der Waals surface area contributed by atoms with Gasteiger partial charge in [0.15, 0.2) is 11.8 Å². The van der Waals surface area contributed by atoms with E-state index < -0.39 is 11.0 Å². The first-order chi connectivity index (χ1) is 13.0. The van der Waals surface area contributed by atoms with Crippen molar-refractivity contribution in [2.75, 3.05) is 31.5 Å². The number of benzene rings is 1. The number of nitro benzene ring substituents is 1. The summed E-state index contributed by atoms with van der Waals surface area (Å²) in [5, 5.41) is 13.7. The van der Waals surface area contributed by atoms with Gasteiger partial charge in [-0.1, -0.05) is 12.1 Å². The number of para-hydroxylation sites is 2. The molecule has 2 aromatic rings. The normalized spacial score (nSPS) is 16.0. The summed E-state index contributed by atoms with van der Waals surface area (Å²) in [6, 6.07) is 8.96. The molecular formula is C18H21N4O5+. The van der Waals surface area contributed by atoms with Crippen molar-refractivity contribution < 1.29 is 23.8 Å². The molecule has 1 aliphatic heterocycles. The van der Waals surface area contributed by atoms with Crippen LogP contribution >= 0.6 is 0 Å². The Morgan fingerprint density at radius 3 is 2.56 bits per heavy atom. The molecule has 1 fully saturated rings. The zero-order chi connectivity index (χ0) is 19.4. The van der Waals surface area contributed by atoms with E-state index in [4.69, 9.17) is 4.42 Å². The first-order valence-corrected chi connectivity index (χ1v) is 8.69. The molecule has 2 amide bonds. The van der Waals surface area contributed by atoms with Crippen LogP contribution in [0, 0.1) is 10.1 Å². The molecule has 27 heavy (non-hydrogen) atoms. The highest BCUT2D eigenvalue weighted by molar-refractivity contribution is 5.95. The monoisotopic (exact) mass is 373 g/mol. The fourth-order valence-corrected chi connectivity index (χ4v) is 3.15. The maximum absolute atomic E-state index is 12.5. The van der Waals surface area contributed by atoms with Crippen LogP contribution in [0.4, 0.5) is 11.4 Å². The van der Waals surface area contributed by atoms with Crippen molar-refractivity contribution in [3.63, 3.8) is 0 Å². The van der Waals surface area contributed by atoms with E-state index in [0.29, 0.717) is 31.9 Å². The zero-order valence-corrected chi connectivity index (χ0v) is 14.9. The fourth-order valence-electron chi connectivity index (χ4n) is 3.15. The molecule has 3 rings (SSSR count). The molecule has 0 spiro atoms. The van der Waals surface area contributed by atoms with Gasteiger partial charge in [0.1, 0.15) is 5.69 Å². The first kappa shape index (κ1) is 18.6. The van der Waals surface area contributed by atoms with E-state index in [1.54, 1.807) is 36.1 Å². The SMILES string of the molecule is C[C@@H](C(=O)Nc1ccccc1[N+](=O)[O-])[NH+]1CCN(C(=O)c2ccco2)CC1. The van der Waals surface area contributed by atoms with Crippen LogP contribution in [-0.4, -0.2) is 53.9 Å². The third kappa shape index (κ3) is 4.14. The second kappa shape index (κ2) is 8.00. The largest absolute Gasteiger partial charge is 0.459 e. The van der Waals surface area contributed by atoms with Crippen molar-refractivity contribution in [1.82, 2.24) is 4.90 Å². The van der Waals surface area contributed by atoms with E-state index in [-0.39, 0.29) is 23.2 Å². The van der Waals surface area contributed by atoms with E-state index in [1.165, 1.54) is 18.4 Å². The van der Waals surface area contributed by atoms with Crippen molar-refractivity contribution in [3.8, 4) is 0 Å². The minimum absolute atomic E-state index is 0.137. The Morgan fingerprint density at radius 2 is 1.93 bits per heavy atom. The van der Waals surface area contributed by atoms with Crippen molar-refractivity contribution in [2.45, 2.75) is 13.0 Å². The predicted molar refractivity (Wildman–Crippen MR) is 96.5 cm³/mol. The molecule has 1 saturated heterocycles. The van der Waals surface area contributed by atoms with Gasteiger partial charge in [0.2, 0.25) is 0 Å². The second-order valence-corrected chi connectivity index (χ2v) is 6.41. The number of piperazine rings is 1. The Bertz CT molecular complexity index is 828. The molecule has 1 aliphatic rings. The van der Waals surface area contributed by atoms with Gasteiger partial charge < -0.3 is 19.5 Å². The number of nitro groups is 1. The molecule has 9 heteroatoms. The number of amides is 2. The summed E-state index contributed by atoms with van der Waals surface area (Å²) in [6.45, 7) is 4.02. The van der Waals surface area contributed by atoms with Gasteiger partial charge in [-0.3, -0.25) is 19.7 Å². The molecule has 0 saturated carbocycles. The lowest BCUT2D eigenvalue weighted by molar-refractivity contribution is -0.917. The third-order valence-corrected chi connectivity index (χ3v) is 4.79. The molecule has 9 nitrogen and oxygen atoms in total. The zero-order valence-electron chi connectivity index (χ0n) is 14.9. The Balaban J connectivity index is 1.57. The van der Waals surface area contributed by atoms with Gasteiger partial charge in [-0.05, 0) is 25.1 Å². The van der Waals surface area contributed by atoms with Gasteiger partial charge >= 0.3 is 0 Å². The molecule has 2 N–H and O–H groups in total. The summed E-state index contributed by atoms with van der Waals surface area (Å²) in [5.41, 5.74) is 0.0484. The summed E-state index contributed by atoms with van der Waals surface area (Å²) in [4.78, 5) is 38.1. The van der Waals surface area contributed by atoms with Crippen LogP contribution in [0.5, 0.6) is 0 Å². The molecule has 1 aromatic carbocycles. The molecule has 1 atom stereocenters. The molecule has 1 aromatic heterocycles. The van der Waals surface area contributed by atoms with E-state index in [0.717, 1.165) is 4.90 Å². The number of nitrogens with zero attached hydrogens (tertiary/aromatic N) is 2. The van der Waals surface area contributed by atoms with Crippen LogP contribution in [0.15, 0.2) is 47.1 Å². The summed E-state index contributed by atoms with van der Waals surface area (Å²) in [7, 11) is 0. The van der Waals surface area contributed by atoms with E-state index in [1.807, 2.05) is 0 Å². The summed E-state index contributed by atoms with van der Waals surface area (Å²) in [5.74, 6) is -0.137. The van der Waals surface area contributed by atoms with Crippen LogP contribution < -0.4 is 10.2 Å². The number of nitrogens with one attached hydrogen (secondary N) is 2. The predicted octanol–water partition coefficient (Wildman–Crippen LogP) is 0.556. The number of carbonyl (C=O) groups is 2. The number of carbonyl (C=O) groups excluding carboxylic acids is 2. The number of furan rings is 1. The van der Waals surface area contributed by atoms with Crippen LogP contribution in [0.3, 0.4) is 0 Å². The summed E-state index contributed by atoms with van der Waals surface area (Å²) in [6.07, 6.45) is 1.46. The maximum atomic E-state index is 12.5. The van der Waals surface area contributed by atoms with Crippen molar-refractivity contribution in [2.24, 2.45) is 0 Å². The van der Waals surface area contributed by atoms with Crippen LogP contribution in [0.1, 0.15) is 17.5 Å². The van der Waals surface area contributed by atoms with Gasteiger partial charge in [0, 0.05) is 6.07 Å². The van der Waals surface area contributed by atoms with E-state index in [2.05, 4.69) is 5.32 Å².